The van der Waals surface area contributed by atoms with Gasteiger partial charge in [-0.05, 0) is 27.9 Å². The number of amides is 1. The molecular weight excluding hydrogens is 152 g/mol. The van der Waals surface area contributed by atoms with Crippen LogP contribution < -0.4 is 0 Å². The first-order valence-electron chi connectivity index (χ1n) is 3.82. The molecule has 0 aromatic rings. The van der Waals surface area contributed by atoms with Gasteiger partial charge in [0.05, 0.1) is 13.1 Å². The summed E-state index contributed by atoms with van der Waals surface area (Å²) >= 11 is 0. The molecule has 0 saturated carbocycles. The highest BCUT2D eigenvalue weighted by molar-refractivity contribution is 5.77. The Morgan fingerprint density at radius 3 is 2.17 bits per heavy atom. The molecule has 3 heteroatoms. The molecule has 0 aromatic heterocycles. The van der Waals surface area contributed by atoms with Gasteiger partial charge in [0.2, 0.25) is 5.91 Å². The minimum absolute atomic E-state index is 0.0219. The van der Waals surface area contributed by atoms with Crippen molar-refractivity contribution in [2.24, 2.45) is 0 Å². The van der Waals surface area contributed by atoms with Crippen LogP contribution in [0, 0.1) is 26.9 Å². The van der Waals surface area contributed by atoms with Crippen LogP contribution in [-0.4, -0.2) is 36.3 Å². The molecule has 0 unspecified atom stereocenters. The van der Waals surface area contributed by atoms with Gasteiger partial charge in [0.15, 0.2) is 0 Å². The molecule has 4 radical (unpaired) electrons. The quantitative estimate of drug-likeness (QED) is 0.605. The Morgan fingerprint density at radius 1 is 1.33 bits per heavy atom. The second kappa shape index (κ2) is 6.00. The van der Waals surface area contributed by atoms with E-state index < -0.39 is 0 Å². The molecule has 0 rings (SSSR count). The highest BCUT2D eigenvalue weighted by Gasteiger charge is 2.09. The Kier molecular flexibility index (Phi) is 5.72. The predicted octanol–water partition coefficient (Wildman–Crippen LogP) is 0.758. The lowest BCUT2D eigenvalue weighted by atomic mass is 10.3. The molecule has 0 aliphatic heterocycles. The van der Waals surface area contributed by atoms with Gasteiger partial charge < -0.3 is 9.80 Å². The Balaban J connectivity index is 3.69. The smallest absolute Gasteiger partial charge is 0.224 e. The normalized spacial score (nSPS) is 10.4. The average Bonchev–Trinajstić information content (AvgIpc) is 2.03. The van der Waals surface area contributed by atoms with Crippen molar-refractivity contribution >= 4 is 5.91 Å². The molecule has 12 heavy (non-hydrogen) atoms. The third kappa shape index (κ3) is 4.34. The molecule has 0 aliphatic rings. The highest BCUT2D eigenvalue weighted by Crippen LogP contribution is 1.99. The van der Waals surface area contributed by atoms with Crippen LogP contribution in [0.2, 0.25) is 0 Å². The van der Waals surface area contributed by atoms with Gasteiger partial charge in [-0.3, -0.25) is 4.79 Å². The first-order chi connectivity index (χ1) is 5.61. The molecule has 0 spiro atoms. The van der Waals surface area contributed by atoms with E-state index in [1.54, 1.807) is 0 Å². The Bertz CT molecular complexity index is 130. The summed E-state index contributed by atoms with van der Waals surface area (Å²) in [6.45, 7) is 10.7. The van der Waals surface area contributed by atoms with Crippen molar-refractivity contribution in [1.29, 1.82) is 0 Å². The average molecular weight is 168 g/mol. The molecule has 0 heterocycles. The minimum Gasteiger partial charge on any atom is -0.333 e. The van der Waals surface area contributed by atoms with Crippen LogP contribution in [-0.2, 0) is 4.79 Å². The molecule has 1 amide bonds. The second-order valence-corrected chi connectivity index (χ2v) is 2.72. The zero-order valence-electron chi connectivity index (χ0n) is 7.79. The lowest BCUT2D eigenvalue weighted by Gasteiger charge is -2.18. The summed E-state index contributed by atoms with van der Waals surface area (Å²) in [5.74, 6) is 0.0219. The summed E-state index contributed by atoms with van der Waals surface area (Å²) in [7, 11) is 3.86. The van der Waals surface area contributed by atoms with E-state index in [0.717, 1.165) is 6.54 Å². The molecule has 0 atom stereocenters. The van der Waals surface area contributed by atoms with Gasteiger partial charge in [0.1, 0.15) is 0 Å². The summed E-state index contributed by atoms with van der Waals surface area (Å²) in [5, 5.41) is 0. The van der Waals surface area contributed by atoms with Gasteiger partial charge in [-0.15, -0.1) is 0 Å². The van der Waals surface area contributed by atoms with Gasteiger partial charge in [-0.2, -0.15) is 0 Å². The SMILES string of the molecule is [CH2][CH]N([CH][CH2])C(=O)CCN(C)C. The lowest BCUT2D eigenvalue weighted by molar-refractivity contribution is -0.128. The first-order valence-corrected chi connectivity index (χ1v) is 3.82. The second-order valence-electron chi connectivity index (χ2n) is 2.72. The van der Waals surface area contributed by atoms with E-state index in [2.05, 4.69) is 13.8 Å². The van der Waals surface area contributed by atoms with E-state index in [1.807, 2.05) is 19.0 Å². The van der Waals surface area contributed by atoms with E-state index in [0.29, 0.717) is 6.42 Å². The predicted molar refractivity (Wildman–Crippen MR) is 49.3 cm³/mol. The van der Waals surface area contributed by atoms with E-state index in [4.69, 9.17) is 0 Å². The summed E-state index contributed by atoms with van der Waals surface area (Å²) in [4.78, 5) is 14.6. The van der Waals surface area contributed by atoms with E-state index in [1.165, 1.54) is 18.0 Å². The van der Waals surface area contributed by atoms with Crippen molar-refractivity contribution in [1.82, 2.24) is 9.80 Å². The number of carbonyl (C=O) groups is 1. The molecule has 0 fully saturated rings. The maximum atomic E-state index is 11.3. The minimum atomic E-state index is 0.0219. The molecule has 0 saturated heterocycles. The van der Waals surface area contributed by atoms with Gasteiger partial charge in [0.25, 0.3) is 0 Å². The van der Waals surface area contributed by atoms with Crippen molar-refractivity contribution < 1.29 is 4.79 Å². The first kappa shape index (κ1) is 11.4. The molecule has 0 aliphatic carbocycles. The van der Waals surface area contributed by atoms with Crippen LogP contribution in [0.4, 0.5) is 0 Å². The van der Waals surface area contributed by atoms with E-state index in [-0.39, 0.29) is 5.91 Å². The largest absolute Gasteiger partial charge is 0.333 e. The Labute approximate surface area is 75.3 Å². The Morgan fingerprint density at radius 2 is 1.83 bits per heavy atom. The molecular formula is C9H16N2O. The lowest BCUT2D eigenvalue weighted by Crippen LogP contribution is -2.27. The van der Waals surface area contributed by atoms with E-state index >= 15 is 0 Å². The summed E-state index contributed by atoms with van der Waals surface area (Å²) in [6, 6.07) is 0. The van der Waals surface area contributed by atoms with Crippen molar-refractivity contribution in [2.75, 3.05) is 20.6 Å². The number of rotatable bonds is 5. The maximum absolute atomic E-state index is 11.3. The molecule has 0 aromatic carbocycles. The summed E-state index contributed by atoms with van der Waals surface area (Å²) in [5.41, 5.74) is 0. The van der Waals surface area contributed by atoms with Crippen LogP contribution in [0.3, 0.4) is 0 Å². The van der Waals surface area contributed by atoms with Crippen LogP contribution in [0.1, 0.15) is 6.42 Å². The topological polar surface area (TPSA) is 23.6 Å². The number of hydrogen-bond acceptors (Lipinski definition) is 2. The fourth-order valence-corrected chi connectivity index (χ4v) is 0.727. The van der Waals surface area contributed by atoms with Crippen LogP contribution in [0.25, 0.3) is 0 Å². The monoisotopic (exact) mass is 168 g/mol. The highest BCUT2D eigenvalue weighted by atomic mass is 16.2. The number of nitrogens with zero attached hydrogens (tertiary/aromatic N) is 2. The van der Waals surface area contributed by atoms with Crippen LogP contribution >= 0.6 is 0 Å². The third-order valence-corrected chi connectivity index (χ3v) is 1.45. The van der Waals surface area contributed by atoms with Gasteiger partial charge >= 0.3 is 0 Å². The zero-order chi connectivity index (χ0) is 9.56. The van der Waals surface area contributed by atoms with Gasteiger partial charge in [-0.25, -0.2) is 0 Å². The summed E-state index contributed by atoms with van der Waals surface area (Å²) in [6.07, 6.45) is 0.491. The van der Waals surface area contributed by atoms with Gasteiger partial charge in [-0.1, -0.05) is 0 Å². The van der Waals surface area contributed by atoms with Crippen molar-refractivity contribution in [3.05, 3.63) is 26.9 Å². The fourth-order valence-electron chi connectivity index (χ4n) is 0.727. The molecule has 3 nitrogen and oxygen atoms in total. The molecule has 0 N–H and O–H groups in total. The number of hydrogen-bond donors (Lipinski definition) is 0. The van der Waals surface area contributed by atoms with Crippen LogP contribution in [0.5, 0.6) is 0 Å². The third-order valence-electron chi connectivity index (χ3n) is 1.45. The zero-order valence-corrected chi connectivity index (χ0v) is 7.79. The van der Waals surface area contributed by atoms with Crippen molar-refractivity contribution in [2.45, 2.75) is 6.42 Å². The molecule has 0 bridgehead atoms. The van der Waals surface area contributed by atoms with Crippen molar-refractivity contribution in [3.8, 4) is 0 Å². The standard InChI is InChI=1S/C9H16N2O/c1-5-11(6-2)9(12)7-8-10(3)4/h5-6H,1-2,7-8H2,3-4H3. The Hall–Kier alpha value is -0.570. The number of carbonyl (C=O) groups excluding carboxylic acids is 1. The molecule has 68 valence electrons. The van der Waals surface area contributed by atoms with E-state index in [9.17, 15) is 4.79 Å². The van der Waals surface area contributed by atoms with Crippen molar-refractivity contribution in [3.63, 3.8) is 0 Å². The maximum Gasteiger partial charge on any atom is 0.224 e. The van der Waals surface area contributed by atoms with Crippen LogP contribution in [0.15, 0.2) is 0 Å². The van der Waals surface area contributed by atoms with Gasteiger partial charge in [0, 0.05) is 13.0 Å². The summed E-state index contributed by atoms with van der Waals surface area (Å²) < 4.78 is 0. The fraction of sp³-hybridized carbons (Fsp3) is 0.444.